The van der Waals surface area contributed by atoms with Crippen molar-refractivity contribution in [1.82, 2.24) is 14.5 Å². The van der Waals surface area contributed by atoms with Gasteiger partial charge in [-0.15, -0.1) is 8.78 Å². The number of fused-ring (bicyclic) bond motifs is 1. The standard InChI is InChI=1S/C23H19ClF2N4O3/c1-30-20(8-10-31)29-19-12-15(11-18(21(19)30)14-3-2-9-27-13-14)22(32)28-16-4-6-17(7-5-16)33-23(24,25)26/h2-7,9,11-13,31H,8,10H2,1H3,(H,28,32). The number of alkyl halides is 3. The molecule has 170 valence electrons. The lowest BCUT2D eigenvalue weighted by atomic mass is 10.0. The molecule has 0 unspecified atom stereocenters. The van der Waals surface area contributed by atoms with Crippen LogP contribution in [0.25, 0.3) is 22.2 Å². The molecule has 0 atom stereocenters. The molecule has 0 aliphatic carbocycles. The van der Waals surface area contributed by atoms with E-state index in [0.29, 0.717) is 29.0 Å². The second-order valence-electron chi connectivity index (χ2n) is 7.22. The predicted octanol–water partition coefficient (Wildman–Crippen LogP) is 4.59. The number of hydrogen-bond donors (Lipinski definition) is 2. The van der Waals surface area contributed by atoms with Gasteiger partial charge < -0.3 is 19.7 Å². The number of aryl methyl sites for hydroxylation is 1. The lowest BCUT2D eigenvalue weighted by molar-refractivity contribution is -0.0964. The third-order valence-corrected chi connectivity index (χ3v) is 5.05. The average molecular weight is 473 g/mol. The normalized spacial score (nSPS) is 11.5. The number of anilines is 1. The summed E-state index contributed by atoms with van der Waals surface area (Å²) in [6, 6.07) is 12.5. The van der Waals surface area contributed by atoms with Crippen molar-refractivity contribution in [2.45, 2.75) is 12.0 Å². The summed E-state index contributed by atoms with van der Waals surface area (Å²) in [5.74, 6) is 0.132. The van der Waals surface area contributed by atoms with Crippen molar-refractivity contribution in [3.8, 4) is 16.9 Å². The molecule has 2 heterocycles. The first-order valence-corrected chi connectivity index (χ1v) is 10.3. The van der Waals surface area contributed by atoms with Gasteiger partial charge >= 0.3 is 5.57 Å². The third kappa shape index (κ3) is 5.10. The number of benzene rings is 2. The smallest absolute Gasteiger partial charge is 0.420 e. The SMILES string of the molecule is Cn1c(CCO)nc2cc(C(=O)Nc3ccc(OC(F)(F)Cl)cc3)cc(-c3cccnc3)c21. The molecule has 10 heteroatoms. The van der Waals surface area contributed by atoms with Crippen molar-refractivity contribution in [3.63, 3.8) is 0 Å². The van der Waals surface area contributed by atoms with Crippen molar-refractivity contribution in [3.05, 3.63) is 72.3 Å². The van der Waals surface area contributed by atoms with Gasteiger partial charge in [-0.25, -0.2) is 4.98 Å². The number of hydrogen-bond acceptors (Lipinski definition) is 5. The number of nitrogens with one attached hydrogen (secondary N) is 1. The first-order valence-electron chi connectivity index (χ1n) is 9.93. The summed E-state index contributed by atoms with van der Waals surface area (Å²) >= 11 is 4.77. The Hall–Kier alpha value is -3.56. The maximum absolute atomic E-state index is 13.0. The number of ether oxygens (including phenoxy) is 1. The van der Waals surface area contributed by atoms with E-state index in [1.807, 2.05) is 17.7 Å². The summed E-state index contributed by atoms with van der Waals surface area (Å²) < 4.78 is 31.7. The molecule has 7 nitrogen and oxygen atoms in total. The summed E-state index contributed by atoms with van der Waals surface area (Å²) in [4.78, 5) is 21.8. The summed E-state index contributed by atoms with van der Waals surface area (Å²) in [5, 5.41) is 12.1. The highest BCUT2D eigenvalue weighted by Crippen LogP contribution is 2.31. The van der Waals surface area contributed by atoms with Crippen molar-refractivity contribution < 1.29 is 23.4 Å². The van der Waals surface area contributed by atoms with E-state index in [1.165, 1.54) is 24.3 Å². The van der Waals surface area contributed by atoms with E-state index < -0.39 is 11.5 Å². The Labute approximate surface area is 192 Å². The van der Waals surface area contributed by atoms with E-state index >= 15 is 0 Å². The maximum atomic E-state index is 13.0. The summed E-state index contributed by atoms with van der Waals surface area (Å²) in [6.07, 6.45) is 3.72. The van der Waals surface area contributed by atoms with Gasteiger partial charge in [0.25, 0.3) is 5.91 Å². The zero-order valence-corrected chi connectivity index (χ0v) is 18.2. The van der Waals surface area contributed by atoms with E-state index in [2.05, 4.69) is 20.0 Å². The second-order valence-corrected chi connectivity index (χ2v) is 7.66. The molecule has 0 bridgehead atoms. The fourth-order valence-corrected chi connectivity index (χ4v) is 3.63. The molecular formula is C23H19ClF2N4O3. The number of amides is 1. The van der Waals surface area contributed by atoms with Crippen LogP contribution >= 0.6 is 11.6 Å². The number of carbonyl (C=O) groups is 1. The van der Waals surface area contributed by atoms with Gasteiger partial charge in [0.2, 0.25) is 0 Å². The number of pyridine rings is 1. The number of aromatic nitrogens is 3. The Bertz CT molecular complexity index is 1290. The molecule has 33 heavy (non-hydrogen) atoms. The number of carbonyl (C=O) groups excluding carboxylic acids is 1. The third-order valence-electron chi connectivity index (χ3n) is 4.98. The molecule has 2 aromatic carbocycles. The van der Waals surface area contributed by atoms with Gasteiger partial charge in [0.05, 0.1) is 17.6 Å². The molecule has 2 aromatic heterocycles. The van der Waals surface area contributed by atoms with Crippen LogP contribution in [0.1, 0.15) is 16.2 Å². The summed E-state index contributed by atoms with van der Waals surface area (Å²) in [6.45, 7) is -0.0535. The Morgan fingerprint density at radius 1 is 1.24 bits per heavy atom. The van der Waals surface area contributed by atoms with Crippen LogP contribution in [0, 0.1) is 0 Å². The largest absolute Gasteiger partial charge is 0.487 e. The minimum atomic E-state index is -3.82. The number of nitrogens with zero attached hydrogens (tertiary/aromatic N) is 3. The lowest BCUT2D eigenvalue weighted by Crippen LogP contribution is -2.16. The summed E-state index contributed by atoms with van der Waals surface area (Å²) in [7, 11) is 1.86. The first-order chi connectivity index (χ1) is 15.7. The molecule has 1 amide bonds. The van der Waals surface area contributed by atoms with Crippen LogP contribution in [0.3, 0.4) is 0 Å². The van der Waals surface area contributed by atoms with Gasteiger partial charge in [0.15, 0.2) is 0 Å². The molecule has 0 fully saturated rings. The number of halogens is 3. The van der Waals surface area contributed by atoms with Crippen LogP contribution < -0.4 is 10.1 Å². The van der Waals surface area contributed by atoms with Crippen molar-refractivity contribution in [2.75, 3.05) is 11.9 Å². The maximum Gasteiger partial charge on any atom is 0.487 e. The van der Waals surface area contributed by atoms with Gasteiger partial charge in [-0.2, -0.15) is 0 Å². The number of aliphatic hydroxyl groups excluding tert-OH is 1. The van der Waals surface area contributed by atoms with E-state index in [0.717, 1.165) is 16.6 Å². The van der Waals surface area contributed by atoms with Crippen LogP contribution in [0.2, 0.25) is 0 Å². The van der Waals surface area contributed by atoms with E-state index in [1.54, 1.807) is 30.6 Å². The van der Waals surface area contributed by atoms with Crippen molar-refractivity contribution >= 4 is 34.2 Å². The molecular weight excluding hydrogens is 454 g/mol. The highest BCUT2D eigenvalue weighted by atomic mass is 35.5. The van der Waals surface area contributed by atoms with Crippen LogP contribution in [-0.2, 0) is 13.5 Å². The highest BCUT2D eigenvalue weighted by Gasteiger charge is 2.27. The fourth-order valence-electron chi connectivity index (χ4n) is 3.54. The number of rotatable bonds is 7. The molecule has 0 aliphatic rings. The molecule has 0 spiro atoms. The molecule has 0 saturated heterocycles. The van der Waals surface area contributed by atoms with Gasteiger partial charge in [-0.3, -0.25) is 9.78 Å². The molecule has 0 saturated carbocycles. The minimum absolute atomic E-state index is 0.0535. The first kappa shape index (κ1) is 22.6. The van der Waals surface area contributed by atoms with Crippen LogP contribution in [-0.4, -0.2) is 37.7 Å². The van der Waals surface area contributed by atoms with Crippen LogP contribution in [0.4, 0.5) is 14.5 Å². The molecule has 0 radical (unpaired) electrons. The Morgan fingerprint density at radius 2 is 2.00 bits per heavy atom. The van der Waals surface area contributed by atoms with Gasteiger partial charge in [-0.05, 0) is 42.5 Å². The predicted molar refractivity (Wildman–Crippen MR) is 121 cm³/mol. The molecule has 4 aromatic rings. The fraction of sp³-hybridized carbons (Fsp3) is 0.174. The molecule has 2 N–H and O–H groups in total. The van der Waals surface area contributed by atoms with E-state index in [-0.39, 0.29) is 12.4 Å². The Balaban J connectivity index is 1.69. The van der Waals surface area contributed by atoms with Crippen molar-refractivity contribution in [1.29, 1.82) is 0 Å². The minimum Gasteiger partial charge on any atom is -0.420 e. The van der Waals surface area contributed by atoms with Gasteiger partial charge in [0.1, 0.15) is 11.6 Å². The average Bonchev–Trinajstić information content (AvgIpc) is 3.09. The highest BCUT2D eigenvalue weighted by molar-refractivity contribution is 6.20. The van der Waals surface area contributed by atoms with Crippen molar-refractivity contribution in [2.24, 2.45) is 7.05 Å². The zero-order chi connectivity index (χ0) is 23.6. The second kappa shape index (κ2) is 9.13. The van der Waals surface area contributed by atoms with Crippen LogP contribution in [0.15, 0.2) is 60.9 Å². The lowest BCUT2D eigenvalue weighted by Gasteiger charge is -2.12. The topological polar surface area (TPSA) is 89.3 Å². The zero-order valence-electron chi connectivity index (χ0n) is 17.4. The Morgan fingerprint density at radius 3 is 2.64 bits per heavy atom. The van der Waals surface area contributed by atoms with Gasteiger partial charge in [-0.1, -0.05) is 6.07 Å². The molecule has 4 rings (SSSR count). The van der Waals surface area contributed by atoms with E-state index in [4.69, 9.17) is 11.6 Å². The number of aliphatic hydroxyl groups is 1. The van der Waals surface area contributed by atoms with Gasteiger partial charge in [0, 0.05) is 59.8 Å². The molecule has 0 aliphatic heterocycles. The van der Waals surface area contributed by atoms with E-state index in [9.17, 15) is 18.7 Å². The Kier molecular flexibility index (Phi) is 6.26. The number of imidazole rings is 1. The summed E-state index contributed by atoms with van der Waals surface area (Å²) in [5.41, 5.74) is -0.109. The monoisotopic (exact) mass is 472 g/mol. The van der Waals surface area contributed by atoms with Crippen LogP contribution in [0.5, 0.6) is 5.75 Å². The quantitative estimate of drug-likeness (QED) is 0.384.